The molecule has 0 heterocycles. The summed E-state index contributed by atoms with van der Waals surface area (Å²) in [4.78, 5) is 0.0353. The molecule has 2 aromatic rings. The lowest BCUT2D eigenvalue weighted by Gasteiger charge is -2.29. The van der Waals surface area contributed by atoms with Crippen molar-refractivity contribution in [1.29, 1.82) is 0 Å². The summed E-state index contributed by atoms with van der Waals surface area (Å²) in [6, 6.07) is 11.8. The molecule has 0 amide bonds. The third kappa shape index (κ3) is 7.51. The highest BCUT2D eigenvalue weighted by molar-refractivity contribution is 7.91. The topological polar surface area (TPSA) is 107 Å². The van der Waals surface area contributed by atoms with Crippen LogP contribution in [0.25, 0.3) is 0 Å². The first-order chi connectivity index (χ1) is 15.4. The molecule has 0 aliphatic rings. The summed E-state index contributed by atoms with van der Waals surface area (Å²) >= 11 is 0. The van der Waals surface area contributed by atoms with Crippen molar-refractivity contribution in [2.24, 2.45) is 5.73 Å². The van der Waals surface area contributed by atoms with E-state index >= 15 is 0 Å². The van der Waals surface area contributed by atoms with E-state index in [0.29, 0.717) is 5.56 Å². The summed E-state index contributed by atoms with van der Waals surface area (Å²) in [7, 11) is -7.64. The second-order valence-corrected chi connectivity index (χ2v) is 11.8. The van der Waals surface area contributed by atoms with Crippen LogP contribution in [0.5, 0.6) is 5.75 Å². The molecule has 0 spiro atoms. The normalized spacial score (nSPS) is 12.8. The number of nitrogens with zero attached hydrogens (tertiary/aromatic N) is 1. The molecule has 0 fully saturated rings. The van der Waals surface area contributed by atoms with Crippen molar-refractivity contribution >= 4 is 32.3 Å². The molecule has 2 rings (SSSR count). The average Bonchev–Trinajstić information content (AvgIpc) is 2.71. The zero-order chi connectivity index (χ0) is 24.8. The van der Waals surface area contributed by atoms with Gasteiger partial charge in [0.2, 0.25) is 10.0 Å². The van der Waals surface area contributed by atoms with Gasteiger partial charge < -0.3 is 10.5 Å². The fraction of sp³-hybridized carbons (Fsp3) is 0.391. The van der Waals surface area contributed by atoms with Gasteiger partial charge in [0, 0.05) is 18.6 Å². The maximum Gasteiger partial charge on any atom is 0.243 e. The SMILES string of the molecule is CC(C)N(C(C)C)S(=O)(=O)c1ccc(COc2ccccc2S(=O)(=O)CC(F)=CCN)cc1.Cl. The number of sulfonamides is 1. The average molecular weight is 535 g/mol. The van der Waals surface area contributed by atoms with E-state index in [1.807, 2.05) is 27.7 Å². The van der Waals surface area contributed by atoms with E-state index in [4.69, 9.17) is 10.5 Å². The van der Waals surface area contributed by atoms with E-state index in [2.05, 4.69) is 0 Å². The van der Waals surface area contributed by atoms with Gasteiger partial charge in [-0.3, -0.25) is 0 Å². The molecule has 2 aromatic carbocycles. The number of hydrogen-bond donors (Lipinski definition) is 1. The molecule has 7 nitrogen and oxygen atoms in total. The minimum Gasteiger partial charge on any atom is -0.488 e. The zero-order valence-corrected chi connectivity index (χ0v) is 22.1. The van der Waals surface area contributed by atoms with Crippen LogP contribution in [0.1, 0.15) is 33.3 Å². The van der Waals surface area contributed by atoms with Crippen LogP contribution in [0, 0.1) is 0 Å². The quantitative estimate of drug-likeness (QED) is 0.465. The van der Waals surface area contributed by atoms with E-state index in [9.17, 15) is 21.2 Å². The smallest absolute Gasteiger partial charge is 0.243 e. The molecule has 34 heavy (non-hydrogen) atoms. The molecule has 190 valence electrons. The molecule has 2 N–H and O–H groups in total. The summed E-state index contributed by atoms with van der Waals surface area (Å²) in [5.41, 5.74) is 5.89. The highest BCUT2D eigenvalue weighted by Gasteiger charge is 2.29. The lowest BCUT2D eigenvalue weighted by atomic mass is 10.2. The van der Waals surface area contributed by atoms with Crippen LogP contribution in [-0.2, 0) is 26.5 Å². The molecule has 0 aliphatic carbocycles. The molecule has 0 radical (unpaired) electrons. The maximum absolute atomic E-state index is 13.8. The van der Waals surface area contributed by atoms with Gasteiger partial charge >= 0.3 is 0 Å². The molecular weight excluding hydrogens is 503 g/mol. The lowest BCUT2D eigenvalue weighted by molar-refractivity contribution is 0.297. The Morgan fingerprint density at radius 3 is 2.09 bits per heavy atom. The van der Waals surface area contributed by atoms with E-state index in [1.165, 1.54) is 34.6 Å². The van der Waals surface area contributed by atoms with E-state index < -0.39 is 31.4 Å². The number of benzene rings is 2. The summed E-state index contributed by atoms with van der Waals surface area (Å²) in [5, 5.41) is 0. The second-order valence-electron chi connectivity index (χ2n) is 8.05. The van der Waals surface area contributed by atoms with Crippen LogP contribution >= 0.6 is 12.4 Å². The predicted molar refractivity (Wildman–Crippen MR) is 134 cm³/mol. The number of ether oxygens (including phenoxy) is 1. The van der Waals surface area contributed by atoms with Gasteiger partial charge in [0.15, 0.2) is 9.84 Å². The van der Waals surface area contributed by atoms with Crippen molar-refractivity contribution < 1.29 is 26.0 Å². The molecule has 0 bridgehead atoms. The first-order valence-electron chi connectivity index (χ1n) is 10.5. The summed E-state index contributed by atoms with van der Waals surface area (Å²) < 4.78 is 72.1. The van der Waals surface area contributed by atoms with Crippen molar-refractivity contribution in [3.05, 3.63) is 66.0 Å². The Bertz CT molecular complexity index is 1170. The summed E-state index contributed by atoms with van der Waals surface area (Å²) in [6.07, 6.45) is 1.01. The molecule has 11 heteroatoms. The van der Waals surface area contributed by atoms with Crippen molar-refractivity contribution in [3.8, 4) is 5.75 Å². The number of sulfone groups is 1. The van der Waals surface area contributed by atoms with Crippen LogP contribution in [0.4, 0.5) is 4.39 Å². The molecule has 0 saturated carbocycles. The van der Waals surface area contributed by atoms with E-state index in [0.717, 1.165) is 6.08 Å². The highest BCUT2D eigenvalue weighted by Crippen LogP contribution is 2.27. The Hall–Kier alpha value is -1.98. The van der Waals surface area contributed by atoms with Gasteiger partial charge in [0.05, 0.1) is 4.90 Å². The predicted octanol–water partition coefficient (Wildman–Crippen LogP) is 4.08. The van der Waals surface area contributed by atoms with Gasteiger partial charge in [-0.05, 0) is 63.6 Å². The van der Waals surface area contributed by atoms with Crippen LogP contribution < -0.4 is 10.5 Å². The van der Waals surface area contributed by atoms with Gasteiger partial charge in [0.25, 0.3) is 0 Å². The Kier molecular flexibility index (Phi) is 11.2. The van der Waals surface area contributed by atoms with Crippen molar-refractivity contribution in [2.45, 2.75) is 56.2 Å². The van der Waals surface area contributed by atoms with Crippen LogP contribution in [0.2, 0.25) is 0 Å². The Morgan fingerprint density at radius 2 is 1.56 bits per heavy atom. The zero-order valence-electron chi connectivity index (χ0n) is 19.6. The lowest BCUT2D eigenvalue weighted by Crippen LogP contribution is -2.41. The molecule has 0 atom stereocenters. The van der Waals surface area contributed by atoms with Crippen LogP contribution in [0.3, 0.4) is 0 Å². The van der Waals surface area contributed by atoms with Crippen LogP contribution in [0.15, 0.2) is 70.2 Å². The standard InChI is InChI=1S/C23H31FN2O5S2.ClH/c1-17(2)26(18(3)4)33(29,30)21-11-9-19(10-12-21)15-31-22-7-5-6-8-23(22)32(27,28)16-20(24)13-14-25;/h5-13,17-18H,14-16,25H2,1-4H3;1H. The van der Waals surface area contributed by atoms with Crippen molar-refractivity contribution in [3.63, 3.8) is 0 Å². The summed E-state index contributed by atoms with van der Waals surface area (Å²) in [5.74, 6) is -1.55. The molecule has 0 aliphatic heterocycles. The Balaban J connectivity index is 0.00000578. The Morgan fingerprint density at radius 1 is 1.00 bits per heavy atom. The number of hydrogen-bond acceptors (Lipinski definition) is 6. The van der Waals surface area contributed by atoms with Crippen molar-refractivity contribution in [2.75, 3.05) is 12.3 Å². The number of para-hydroxylation sites is 1. The largest absolute Gasteiger partial charge is 0.488 e. The monoisotopic (exact) mass is 534 g/mol. The van der Waals surface area contributed by atoms with Gasteiger partial charge in [-0.2, -0.15) is 4.31 Å². The number of halogens is 2. The first-order valence-corrected chi connectivity index (χ1v) is 13.6. The first kappa shape index (κ1) is 30.1. The second kappa shape index (κ2) is 12.6. The molecule has 0 aromatic heterocycles. The third-order valence-electron chi connectivity index (χ3n) is 4.76. The fourth-order valence-electron chi connectivity index (χ4n) is 3.46. The van der Waals surface area contributed by atoms with Crippen LogP contribution in [-0.4, -0.2) is 45.5 Å². The number of rotatable bonds is 11. The van der Waals surface area contributed by atoms with E-state index in [1.54, 1.807) is 18.2 Å². The third-order valence-corrected chi connectivity index (χ3v) is 8.69. The molecular formula is C23H32ClFN2O5S2. The van der Waals surface area contributed by atoms with Gasteiger partial charge in [-0.15, -0.1) is 12.4 Å². The van der Waals surface area contributed by atoms with Gasteiger partial charge in [-0.1, -0.05) is 24.3 Å². The summed E-state index contributed by atoms with van der Waals surface area (Å²) in [6.45, 7) is 7.20. The van der Waals surface area contributed by atoms with Crippen molar-refractivity contribution in [1.82, 2.24) is 4.31 Å². The highest BCUT2D eigenvalue weighted by atomic mass is 35.5. The number of nitrogens with two attached hydrogens (primary N) is 1. The molecule has 0 unspecified atom stereocenters. The molecule has 0 saturated heterocycles. The maximum atomic E-state index is 13.8. The fourth-order valence-corrected chi connectivity index (χ4v) is 6.65. The Labute approximate surface area is 208 Å². The van der Waals surface area contributed by atoms with Gasteiger partial charge in [-0.25, -0.2) is 21.2 Å². The minimum atomic E-state index is -3.98. The van der Waals surface area contributed by atoms with Gasteiger partial charge in [0.1, 0.15) is 28.8 Å². The minimum absolute atomic E-state index is 0. The van der Waals surface area contributed by atoms with E-state index in [-0.39, 0.29) is 53.2 Å².